The summed E-state index contributed by atoms with van der Waals surface area (Å²) in [6, 6.07) is 8.89. The number of aryl methyl sites for hydroxylation is 3. The normalized spacial score (nSPS) is 11.2. The van der Waals surface area contributed by atoms with E-state index >= 15 is 0 Å². The number of hydrogen-bond donors (Lipinski definition) is 0. The Morgan fingerprint density at radius 2 is 2.04 bits per heavy atom. The summed E-state index contributed by atoms with van der Waals surface area (Å²) in [4.78, 5) is 10.6. The molecule has 0 fully saturated rings. The van der Waals surface area contributed by atoms with Gasteiger partial charge in [-0.05, 0) is 39.0 Å². The van der Waals surface area contributed by atoms with Crippen LogP contribution in [0.25, 0.3) is 5.95 Å². The third-order valence-electron chi connectivity index (χ3n) is 3.56. The minimum Gasteiger partial charge on any atom is -0.546 e. The number of aromatic nitrogens is 5. The van der Waals surface area contributed by atoms with Gasteiger partial charge in [0.1, 0.15) is 12.4 Å². The molecular formula is C17H17N6O3-. The molecule has 2 aromatic heterocycles. The molecule has 2 heterocycles. The molecule has 0 saturated heterocycles. The second-order valence-electron chi connectivity index (χ2n) is 5.64. The van der Waals surface area contributed by atoms with E-state index in [0.717, 1.165) is 11.4 Å². The first-order chi connectivity index (χ1) is 12.5. The van der Waals surface area contributed by atoms with E-state index in [0.29, 0.717) is 23.1 Å². The van der Waals surface area contributed by atoms with Crippen LogP contribution >= 0.6 is 0 Å². The van der Waals surface area contributed by atoms with Crippen LogP contribution in [-0.2, 0) is 4.79 Å². The number of hydrogen-bond acceptors (Lipinski definition) is 7. The molecule has 0 aliphatic carbocycles. The molecule has 0 unspecified atom stereocenters. The van der Waals surface area contributed by atoms with Gasteiger partial charge in [0.25, 0.3) is 5.95 Å². The molecule has 0 spiro atoms. The summed E-state index contributed by atoms with van der Waals surface area (Å²) in [6.45, 7) is 5.05. The zero-order valence-electron chi connectivity index (χ0n) is 14.6. The Bertz CT molecular complexity index is 973. The number of aliphatic carboxylic acids is 1. The van der Waals surface area contributed by atoms with Crippen LogP contribution < -0.4 is 9.84 Å². The van der Waals surface area contributed by atoms with E-state index in [4.69, 9.17) is 4.74 Å². The Labute approximate surface area is 149 Å². The molecule has 0 aliphatic rings. The van der Waals surface area contributed by atoms with E-state index in [2.05, 4.69) is 20.4 Å². The van der Waals surface area contributed by atoms with E-state index in [-0.39, 0.29) is 0 Å². The molecule has 3 aromatic rings. The van der Waals surface area contributed by atoms with Crippen molar-refractivity contribution in [1.82, 2.24) is 24.7 Å². The number of rotatable bonds is 6. The maximum Gasteiger partial charge on any atom is 0.273 e. The molecule has 0 radical (unpaired) electrons. The van der Waals surface area contributed by atoms with Gasteiger partial charge in [-0.1, -0.05) is 12.1 Å². The minimum atomic E-state index is -1.29. The van der Waals surface area contributed by atoms with E-state index in [1.54, 1.807) is 46.8 Å². The second kappa shape index (κ2) is 7.18. The van der Waals surface area contributed by atoms with Crippen LogP contribution in [-0.4, -0.2) is 43.4 Å². The Kier molecular flexibility index (Phi) is 4.78. The Morgan fingerprint density at radius 1 is 1.27 bits per heavy atom. The van der Waals surface area contributed by atoms with E-state index < -0.39 is 12.6 Å². The molecule has 26 heavy (non-hydrogen) atoms. The average Bonchev–Trinajstić information content (AvgIpc) is 3.13. The van der Waals surface area contributed by atoms with Gasteiger partial charge in [-0.2, -0.15) is 14.9 Å². The van der Waals surface area contributed by atoms with Crippen LogP contribution in [0.4, 0.5) is 0 Å². The summed E-state index contributed by atoms with van der Waals surface area (Å²) in [5.74, 6) is 0.131. The van der Waals surface area contributed by atoms with E-state index in [1.807, 2.05) is 19.9 Å². The van der Waals surface area contributed by atoms with Gasteiger partial charge in [0.05, 0.1) is 17.9 Å². The van der Waals surface area contributed by atoms with Crippen molar-refractivity contribution in [2.75, 3.05) is 6.61 Å². The molecule has 0 aliphatic heterocycles. The average molecular weight is 353 g/mol. The molecule has 9 nitrogen and oxygen atoms in total. The number of ether oxygens (including phenoxy) is 1. The van der Waals surface area contributed by atoms with Crippen LogP contribution in [0.2, 0.25) is 0 Å². The summed E-state index contributed by atoms with van der Waals surface area (Å²) in [5.41, 5.74) is 2.38. The third-order valence-corrected chi connectivity index (χ3v) is 3.56. The Hall–Kier alpha value is -3.49. The fraction of sp³-hybridized carbons (Fsp3) is 0.235. The van der Waals surface area contributed by atoms with Crippen molar-refractivity contribution in [2.45, 2.75) is 20.8 Å². The highest BCUT2D eigenvalue weighted by molar-refractivity contribution is 5.83. The molecule has 0 saturated carbocycles. The van der Waals surface area contributed by atoms with Gasteiger partial charge >= 0.3 is 0 Å². The highest BCUT2D eigenvalue weighted by atomic mass is 16.5. The lowest BCUT2D eigenvalue weighted by atomic mass is 10.2. The summed E-state index contributed by atoms with van der Waals surface area (Å²) in [5, 5.41) is 27.6. The zero-order chi connectivity index (χ0) is 18.7. The van der Waals surface area contributed by atoms with Crippen molar-refractivity contribution in [3.8, 4) is 11.7 Å². The monoisotopic (exact) mass is 353 g/mol. The predicted octanol–water partition coefficient (Wildman–Crippen LogP) is 0.400. The van der Waals surface area contributed by atoms with Crippen molar-refractivity contribution < 1.29 is 14.6 Å². The molecule has 0 atom stereocenters. The summed E-state index contributed by atoms with van der Waals surface area (Å²) in [6.07, 6.45) is 1.55. The van der Waals surface area contributed by atoms with E-state index in [9.17, 15) is 9.90 Å². The topological polar surface area (TPSA) is 110 Å². The Balaban J connectivity index is 1.94. The zero-order valence-corrected chi connectivity index (χ0v) is 14.6. The van der Waals surface area contributed by atoms with Crippen LogP contribution in [0.1, 0.15) is 22.8 Å². The van der Waals surface area contributed by atoms with Crippen molar-refractivity contribution in [1.29, 1.82) is 0 Å². The summed E-state index contributed by atoms with van der Waals surface area (Å²) in [7, 11) is 0. The fourth-order valence-corrected chi connectivity index (χ4v) is 2.42. The maximum absolute atomic E-state index is 10.6. The predicted molar refractivity (Wildman–Crippen MR) is 91.3 cm³/mol. The van der Waals surface area contributed by atoms with Crippen molar-refractivity contribution >= 4 is 12.2 Å². The Morgan fingerprint density at radius 3 is 2.73 bits per heavy atom. The molecule has 9 heteroatoms. The van der Waals surface area contributed by atoms with Gasteiger partial charge < -0.3 is 14.6 Å². The number of benzene rings is 1. The SMILES string of the molecule is Cc1cc(C)n(-c2nnc(C)n2/N=C\c2ccccc2OCC(=O)[O-])n1. The quantitative estimate of drug-likeness (QED) is 0.593. The molecule has 134 valence electrons. The van der Waals surface area contributed by atoms with Gasteiger partial charge in [-0.25, -0.2) is 4.68 Å². The van der Waals surface area contributed by atoms with Crippen molar-refractivity contribution in [3.05, 3.63) is 53.1 Å². The lowest BCUT2D eigenvalue weighted by Gasteiger charge is -2.09. The molecule has 0 N–H and O–H groups in total. The fourth-order valence-electron chi connectivity index (χ4n) is 2.42. The second-order valence-corrected chi connectivity index (χ2v) is 5.64. The lowest BCUT2D eigenvalue weighted by molar-refractivity contribution is -0.307. The van der Waals surface area contributed by atoms with Crippen molar-refractivity contribution in [2.24, 2.45) is 5.10 Å². The number of carboxylic acids is 1. The third kappa shape index (κ3) is 3.61. The molecule has 0 bridgehead atoms. The first-order valence-electron chi connectivity index (χ1n) is 7.87. The molecule has 3 rings (SSSR count). The molecule has 0 amide bonds. The van der Waals surface area contributed by atoms with Crippen LogP contribution in [0.5, 0.6) is 5.75 Å². The van der Waals surface area contributed by atoms with Crippen molar-refractivity contribution in [3.63, 3.8) is 0 Å². The number of para-hydroxylation sites is 1. The number of nitrogens with zero attached hydrogens (tertiary/aromatic N) is 6. The van der Waals surface area contributed by atoms with Gasteiger partial charge in [0.2, 0.25) is 0 Å². The first kappa shape index (κ1) is 17.3. The highest BCUT2D eigenvalue weighted by Crippen LogP contribution is 2.17. The number of carboxylic acid groups (broad SMARTS) is 1. The molecular weight excluding hydrogens is 336 g/mol. The summed E-state index contributed by atoms with van der Waals surface area (Å²) < 4.78 is 8.43. The van der Waals surface area contributed by atoms with Crippen LogP contribution in [0.3, 0.4) is 0 Å². The largest absolute Gasteiger partial charge is 0.546 e. The minimum absolute atomic E-state index is 0.388. The lowest BCUT2D eigenvalue weighted by Crippen LogP contribution is -2.29. The first-order valence-corrected chi connectivity index (χ1v) is 7.87. The number of carbonyl (C=O) groups excluding carboxylic acids is 1. The van der Waals surface area contributed by atoms with E-state index in [1.165, 1.54) is 0 Å². The van der Waals surface area contributed by atoms with Gasteiger partial charge in [0.15, 0.2) is 5.82 Å². The standard InChI is InChI=1S/C17H18N6O3/c1-11-8-12(2)22(21-11)17-20-19-13(3)23(17)18-9-14-6-4-5-7-15(14)26-10-16(24)25/h4-9H,10H2,1-3H3,(H,24,25)/p-1/b18-9-. The summed E-state index contributed by atoms with van der Waals surface area (Å²) >= 11 is 0. The van der Waals surface area contributed by atoms with Gasteiger partial charge in [-0.15, -0.1) is 10.2 Å². The highest BCUT2D eigenvalue weighted by Gasteiger charge is 2.13. The van der Waals surface area contributed by atoms with Gasteiger partial charge in [0, 0.05) is 11.3 Å². The number of carbonyl (C=O) groups is 1. The molecule has 1 aromatic carbocycles. The van der Waals surface area contributed by atoms with Crippen LogP contribution in [0, 0.1) is 20.8 Å². The smallest absolute Gasteiger partial charge is 0.273 e. The van der Waals surface area contributed by atoms with Crippen LogP contribution in [0.15, 0.2) is 35.4 Å². The maximum atomic E-state index is 10.6. The van der Waals surface area contributed by atoms with Gasteiger partial charge in [-0.3, -0.25) is 0 Å².